The van der Waals surface area contributed by atoms with Gasteiger partial charge in [-0.15, -0.1) is 12.3 Å². The molecule has 0 aromatic carbocycles. The van der Waals surface area contributed by atoms with Crippen molar-refractivity contribution in [3.63, 3.8) is 0 Å². The van der Waals surface area contributed by atoms with Crippen LogP contribution in [0.2, 0.25) is 0 Å². The highest BCUT2D eigenvalue weighted by Gasteiger charge is 2.01. The molecule has 0 aliphatic heterocycles. The number of terminal acetylenes is 1. The fourth-order valence-electron chi connectivity index (χ4n) is 1.19. The molecule has 0 aliphatic rings. The molecule has 76 valence electrons. The molecule has 0 saturated heterocycles. The van der Waals surface area contributed by atoms with Crippen molar-refractivity contribution in [3.05, 3.63) is 18.0 Å². The van der Waals surface area contributed by atoms with Gasteiger partial charge in [-0.25, -0.2) is 0 Å². The normalized spacial score (nSPS) is 10.4. The van der Waals surface area contributed by atoms with Gasteiger partial charge in [0, 0.05) is 25.2 Å². The third-order valence-corrected chi connectivity index (χ3v) is 1.96. The van der Waals surface area contributed by atoms with E-state index in [0.717, 1.165) is 19.5 Å². The average molecular weight is 191 g/mol. The molecule has 0 radical (unpaired) electrons. The number of hydrogen-bond acceptors (Lipinski definition) is 2. The summed E-state index contributed by atoms with van der Waals surface area (Å²) in [6.07, 6.45) is 7.76. The van der Waals surface area contributed by atoms with Gasteiger partial charge < -0.3 is 5.32 Å². The zero-order valence-corrected chi connectivity index (χ0v) is 8.83. The molecule has 1 heterocycles. The Balaban J connectivity index is 2.50. The van der Waals surface area contributed by atoms with Gasteiger partial charge in [0.1, 0.15) is 0 Å². The van der Waals surface area contributed by atoms with E-state index in [1.165, 1.54) is 5.69 Å². The Labute approximate surface area is 85.5 Å². The van der Waals surface area contributed by atoms with E-state index in [9.17, 15) is 0 Å². The first-order chi connectivity index (χ1) is 6.74. The maximum Gasteiger partial charge on any atom is 0.0522 e. The van der Waals surface area contributed by atoms with E-state index in [2.05, 4.69) is 30.2 Å². The number of nitrogens with one attached hydrogen (secondary N) is 1. The van der Waals surface area contributed by atoms with E-state index >= 15 is 0 Å². The maximum absolute atomic E-state index is 5.21. The number of hydrogen-bond donors (Lipinski definition) is 1. The largest absolute Gasteiger partial charge is 0.309 e. The Kier molecular flexibility index (Phi) is 4.21. The molecule has 14 heavy (non-hydrogen) atoms. The zero-order valence-electron chi connectivity index (χ0n) is 8.83. The lowest BCUT2D eigenvalue weighted by atomic mass is 10.3. The van der Waals surface area contributed by atoms with Crippen LogP contribution >= 0.6 is 0 Å². The molecule has 3 heteroatoms. The van der Waals surface area contributed by atoms with Crippen LogP contribution in [0.25, 0.3) is 0 Å². The third-order valence-electron chi connectivity index (χ3n) is 1.96. The molecule has 0 amide bonds. The Morgan fingerprint density at radius 3 is 3.07 bits per heavy atom. The van der Waals surface area contributed by atoms with Crippen LogP contribution in [-0.2, 0) is 13.1 Å². The predicted octanol–water partition coefficient (Wildman–Crippen LogP) is 1.40. The van der Waals surface area contributed by atoms with Gasteiger partial charge in [-0.3, -0.25) is 4.68 Å². The van der Waals surface area contributed by atoms with E-state index in [-0.39, 0.29) is 0 Å². The molecule has 1 rings (SSSR count). The lowest BCUT2D eigenvalue weighted by molar-refractivity contribution is 0.532. The number of nitrogens with zero attached hydrogens (tertiary/aromatic N) is 2. The van der Waals surface area contributed by atoms with Crippen molar-refractivity contribution in [2.75, 3.05) is 0 Å². The van der Waals surface area contributed by atoms with Crippen molar-refractivity contribution >= 4 is 0 Å². The summed E-state index contributed by atoms with van der Waals surface area (Å²) in [6.45, 7) is 5.91. The van der Waals surface area contributed by atoms with E-state index in [4.69, 9.17) is 6.42 Å². The molecule has 0 bridgehead atoms. The van der Waals surface area contributed by atoms with Crippen molar-refractivity contribution in [2.45, 2.75) is 39.4 Å². The van der Waals surface area contributed by atoms with Crippen molar-refractivity contribution in [3.8, 4) is 12.3 Å². The van der Waals surface area contributed by atoms with E-state index in [1.807, 2.05) is 16.9 Å². The quantitative estimate of drug-likeness (QED) is 0.713. The smallest absolute Gasteiger partial charge is 0.0522 e. The topological polar surface area (TPSA) is 29.9 Å². The van der Waals surface area contributed by atoms with Crippen LogP contribution in [0.3, 0.4) is 0 Å². The lowest BCUT2D eigenvalue weighted by Crippen LogP contribution is -2.23. The Hall–Kier alpha value is -1.27. The van der Waals surface area contributed by atoms with E-state index in [0.29, 0.717) is 6.04 Å². The minimum absolute atomic E-state index is 0.492. The van der Waals surface area contributed by atoms with Crippen LogP contribution in [0.4, 0.5) is 0 Å². The monoisotopic (exact) mass is 191 g/mol. The lowest BCUT2D eigenvalue weighted by Gasteiger charge is -2.09. The Morgan fingerprint density at radius 1 is 1.64 bits per heavy atom. The van der Waals surface area contributed by atoms with Gasteiger partial charge in [0.15, 0.2) is 0 Å². The summed E-state index contributed by atoms with van der Waals surface area (Å²) in [4.78, 5) is 0. The summed E-state index contributed by atoms with van der Waals surface area (Å²) in [5.74, 6) is 2.62. The van der Waals surface area contributed by atoms with Gasteiger partial charge in [0.2, 0.25) is 0 Å². The molecule has 1 aromatic rings. The molecule has 1 N–H and O–H groups in total. The SMILES string of the molecule is C#CCCn1nccc1CNC(C)C. The van der Waals surface area contributed by atoms with Gasteiger partial charge in [0.05, 0.1) is 12.2 Å². The molecular weight excluding hydrogens is 174 g/mol. The number of rotatable bonds is 5. The van der Waals surface area contributed by atoms with Crippen molar-refractivity contribution in [1.29, 1.82) is 0 Å². The van der Waals surface area contributed by atoms with Gasteiger partial charge in [0.25, 0.3) is 0 Å². The summed E-state index contributed by atoms with van der Waals surface area (Å²) >= 11 is 0. The van der Waals surface area contributed by atoms with E-state index in [1.54, 1.807) is 0 Å². The first-order valence-electron chi connectivity index (χ1n) is 4.91. The predicted molar refractivity (Wildman–Crippen MR) is 57.7 cm³/mol. The second-order valence-electron chi connectivity index (χ2n) is 3.54. The zero-order chi connectivity index (χ0) is 10.4. The molecule has 0 unspecified atom stereocenters. The molecule has 0 spiro atoms. The Bertz CT molecular complexity index is 307. The molecule has 0 fully saturated rings. The fraction of sp³-hybridized carbons (Fsp3) is 0.545. The molecule has 0 saturated carbocycles. The summed E-state index contributed by atoms with van der Waals surface area (Å²) in [7, 11) is 0. The molecular formula is C11H17N3. The second-order valence-corrected chi connectivity index (χ2v) is 3.54. The summed E-state index contributed by atoms with van der Waals surface area (Å²) in [6, 6.07) is 2.51. The molecule has 0 aliphatic carbocycles. The second kappa shape index (κ2) is 5.46. The number of aryl methyl sites for hydroxylation is 1. The molecule has 3 nitrogen and oxygen atoms in total. The van der Waals surface area contributed by atoms with Gasteiger partial charge in [-0.2, -0.15) is 5.10 Å². The standard InChI is InChI=1S/C11H17N3/c1-4-5-8-14-11(6-7-13-14)9-12-10(2)3/h1,6-7,10,12H,5,8-9H2,2-3H3. The van der Waals surface area contributed by atoms with Crippen molar-refractivity contribution < 1.29 is 0 Å². The summed E-state index contributed by atoms with van der Waals surface area (Å²) in [5.41, 5.74) is 1.19. The van der Waals surface area contributed by atoms with Crippen molar-refractivity contribution in [1.82, 2.24) is 15.1 Å². The first kappa shape index (κ1) is 10.8. The highest BCUT2D eigenvalue weighted by atomic mass is 15.3. The first-order valence-corrected chi connectivity index (χ1v) is 4.91. The van der Waals surface area contributed by atoms with E-state index < -0.39 is 0 Å². The van der Waals surface area contributed by atoms with Crippen LogP contribution in [0, 0.1) is 12.3 Å². The third kappa shape index (κ3) is 3.23. The van der Waals surface area contributed by atoms with Crippen LogP contribution in [-0.4, -0.2) is 15.8 Å². The fourth-order valence-corrected chi connectivity index (χ4v) is 1.19. The number of aromatic nitrogens is 2. The van der Waals surface area contributed by atoms with Crippen LogP contribution < -0.4 is 5.32 Å². The molecule has 1 aromatic heterocycles. The molecule has 0 atom stereocenters. The van der Waals surface area contributed by atoms with Crippen LogP contribution in [0.5, 0.6) is 0 Å². The van der Waals surface area contributed by atoms with Crippen LogP contribution in [0.15, 0.2) is 12.3 Å². The van der Waals surface area contributed by atoms with Gasteiger partial charge in [-0.1, -0.05) is 13.8 Å². The minimum Gasteiger partial charge on any atom is -0.309 e. The van der Waals surface area contributed by atoms with Crippen LogP contribution in [0.1, 0.15) is 26.0 Å². The Morgan fingerprint density at radius 2 is 2.43 bits per heavy atom. The highest BCUT2D eigenvalue weighted by Crippen LogP contribution is 2.00. The maximum atomic E-state index is 5.21. The van der Waals surface area contributed by atoms with Gasteiger partial charge >= 0.3 is 0 Å². The summed E-state index contributed by atoms with van der Waals surface area (Å²) in [5, 5.41) is 7.56. The van der Waals surface area contributed by atoms with Crippen molar-refractivity contribution in [2.24, 2.45) is 0 Å². The highest BCUT2D eigenvalue weighted by molar-refractivity contribution is 5.00. The minimum atomic E-state index is 0.492. The summed E-state index contributed by atoms with van der Waals surface area (Å²) < 4.78 is 1.95. The average Bonchev–Trinajstić information content (AvgIpc) is 2.58. The van der Waals surface area contributed by atoms with Gasteiger partial charge in [-0.05, 0) is 6.07 Å².